The van der Waals surface area contributed by atoms with Crippen molar-refractivity contribution in [3.8, 4) is 5.75 Å². The molecule has 0 N–H and O–H groups in total. The van der Waals surface area contributed by atoms with Crippen LogP contribution in [0.4, 0.5) is 0 Å². The standard InChI is InChI=1S/C19H12ClNO3/c20-14-8-5-13(6-9-14)18-16-10-7-12-3-1-2-4-15(12)19(16)24-11-17(18)21(22)23/h1-11,18H. The number of nitrogens with zero attached hydrogens (tertiary/aromatic N) is 1. The maximum Gasteiger partial charge on any atom is 0.292 e. The molecule has 0 bridgehead atoms. The zero-order valence-corrected chi connectivity index (χ0v) is 13.2. The minimum absolute atomic E-state index is 0.0140. The number of hydrogen-bond acceptors (Lipinski definition) is 3. The summed E-state index contributed by atoms with van der Waals surface area (Å²) in [5.74, 6) is 0.171. The number of benzene rings is 3. The van der Waals surface area contributed by atoms with Gasteiger partial charge in [-0.15, -0.1) is 0 Å². The molecule has 4 nitrogen and oxygen atoms in total. The van der Waals surface area contributed by atoms with Crippen molar-refractivity contribution in [3.63, 3.8) is 0 Å². The van der Waals surface area contributed by atoms with E-state index >= 15 is 0 Å². The molecule has 0 aromatic heterocycles. The molecular formula is C19H12ClNO3. The van der Waals surface area contributed by atoms with Crippen LogP contribution in [0, 0.1) is 10.1 Å². The number of ether oxygens (including phenoxy) is 1. The third kappa shape index (κ3) is 2.32. The normalized spacial score (nSPS) is 16.2. The molecule has 24 heavy (non-hydrogen) atoms. The van der Waals surface area contributed by atoms with Crippen LogP contribution in [0.2, 0.25) is 5.02 Å². The first-order valence-corrected chi connectivity index (χ1v) is 7.81. The minimum atomic E-state index is -0.495. The Kier molecular flexibility index (Phi) is 3.47. The first-order chi connectivity index (χ1) is 11.6. The third-order valence-electron chi connectivity index (χ3n) is 4.23. The Labute approximate surface area is 143 Å². The first-order valence-electron chi connectivity index (χ1n) is 7.43. The van der Waals surface area contributed by atoms with Crippen LogP contribution in [0.3, 0.4) is 0 Å². The minimum Gasteiger partial charge on any atom is -0.457 e. The van der Waals surface area contributed by atoms with E-state index in [1.54, 1.807) is 12.1 Å². The summed E-state index contributed by atoms with van der Waals surface area (Å²) in [7, 11) is 0. The summed E-state index contributed by atoms with van der Waals surface area (Å²) in [5.41, 5.74) is 1.60. The molecule has 0 radical (unpaired) electrons. The number of allylic oxidation sites excluding steroid dienone is 1. The molecule has 1 unspecified atom stereocenters. The maximum atomic E-state index is 11.5. The molecule has 1 heterocycles. The van der Waals surface area contributed by atoms with E-state index in [0.29, 0.717) is 10.8 Å². The Hall–Kier alpha value is -2.85. The largest absolute Gasteiger partial charge is 0.457 e. The summed E-state index contributed by atoms with van der Waals surface area (Å²) in [4.78, 5) is 11.1. The second-order valence-corrected chi connectivity index (χ2v) is 6.04. The van der Waals surface area contributed by atoms with Crippen LogP contribution < -0.4 is 4.74 Å². The van der Waals surface area contributed by atoms with E-state index in [2.05, 4.69) is 0 Å². The highest BCUT2D eigenvalue weighted by molar-refractivity contribution is 6.30. The van der Waals surface area contributed by atoms with Gasteiger partial charge in [0.1, 0.15) is 11.7 Å². The number of fused-ring (bicyclic) bond motifs is 3. The van der Waals surface area contributed by atoms with Gasteiger partial charge in [-0.25, -0.2) is 0 Å². The molecule has 1 aliphatic heterocycles. The summed E-state index contributed by atoms with van der Waals surface area (Å²) in [6.45, 7) is 0. The summed E-state index contributed by atoms with van der Waals surface area (Å²) in [5, 5.41) is 14.1. The number of nitro groups is 1. The van der Waals surface area contributed by atoms with Gasteiger partial charge in [0.25, 0.3) is 5.70 Å². The first kappa shape index (κ1) is 14.7. The second kappa shape index (κ2) is 5.65. The van der Waals surface area contributed by atoms with Gasteiger partial charge in [-0.05, 0) is 23.1 Å². The van der Waals surface area contributed by atoms with Crippen molar-refractivity contribution < 1.29 is 9.66 Å². The van der Waals surface area contributed by atoms with Gasteiger partial charge in [0.15, 0.2) is 6.26 Å². The molecule has 0 fully saturated rings. The van der Waals surface area contributed by atoms with Crippen molar-refractivity contribution in [1.82, 2.24) is 0 Å². The van der Waals surface area contributed by atoms with Gasteiger partial charge in [0.05, 0.1) is 4.92 Å². The van der Waals surface area contributed by atoms with Crippen LogP contribution >= 0.6 is 11.6 Å². The molecule has 5 heteroatoms. The summed E-state index contributed by atoms with van der Waals surface area (Å²) < 4.78 is 5.66. The molecule has 3 aromatic carbocycles. The van der Waals surface area contributed by atoms with Crippen molar-refractivity contribution in [2.45, 2.75) is 5.92 Å². The van der Waals surface area contributed by atoms with Crippen molar-refractivity contribution in [2.75, 3.05) is 0 Å². The molecule has 1 aliphatic rings. The Bertz CT molecular complexity index is 980. The fourth-order valence-electron chi connectivity index (χ4n) is 3.12. The monoisotopic (exact) mass is 337 g/mol. The molecule has 1 atom stereocenters. The highest BCUT2D eigenvalue weighted by Crippen LogP contribution is 2.44. The van der Waals surface area contributed by atoms with E-state index in [1.807, 2.05) is 48.5 Å². The average Bonchev–Trinajstić information content (AvgIpc) is 2.61. The molecule has 0 amide bonds. The van der Waals surface area contributed by atoms with Crippen molar-refractivity contribution in [1.29, 1.82) is 0 Å². The average molecular weight is 338 g/mol. The van der Waals surface area contributed by atoms with Crippen molar-refractivity contribution in [2.24, 2.45) is 0 Å². The molecular weight excluding hydrogens is 326 g/mol. The van der Waals surface area contributed by atoms with Crippen LogP contribution in [0.15, 0.2) is 72.6 Å². The van der Waals surface area contributed by atoms with E-state index in [-0.39, 0.29) is 5.70 Å². The Morgan fingerprint density at radius 1 is 1.00 bits per heavy atom. The topological polar surface area (TPSA) is 52.4 Å². The fraction of sp³-hybridized carbons (Fsp3) is 0.0526. The summed E-state index contributed by atoms with van der Waals surface area (Å²) >= 11 is 5.95. The zero-order chi connectivity index (χ0) is 16.7. The van der Waals surface area contributed by atoms with Gasteiger partial charge in [-0.3, -0.25) is 10.1 Å². The maximum absolute atomic E-state index is 11.5. The van der Waals surface area contributed by atoms with Crippen LogP contribution in [-0.4, -0.2) is 4.92 Å². The van der Waals surface area contributed by atoms with E-state index in [1.165, 1.54) is 6.26 Å². The van der Waals surface area contributed by atoms with E-state index < -0.39 is 10.8 Å². The molecule has 118 valence electrons. The molecule has 0 saturated heterocycles. The van der Waals surface area contributed by atoms with Crippen molar-refractivity contribution in [3.05, 3.63) is 98.9 Å². The molecule has 3 aromatic rings. The van der Waals surface area contributed by atoms with Gasteiger partial charge in [-0.2, -0.15) is 0 Å². The molecule has 0 saturated carbocycles. The summed E-state index contributed by atoms with van der Waals surface area (Å²) in [6, 6.07) is 18.8. The van der Waals surface area contributed by atoms with Gasteiger partial charge in [-0.1, -0.05) is 60.1 Å². The lowest BCUT2D eigenvalue weighted by Crippen LogP contribution is -2.17. The highest BCUT2D eigenvalue weighted by Gasteiger charge is 2.35. The quantitative estimate of drug-likeness (QED) is 0.481. The predicted molar refractivity (Wildman–Crippen MR) is 92.9 cm³/mol. The van der Waals surface area contributed by atoms with E-state index in [4.69, 9.17) is 16.3 Å². The van der Waals surface area contributed by atoms with Crippen molar-refractivity contribution >= 4 is 22.4 Å². The lowest BCUT2D eigenvalue weighted by Gasteiger charge is -2.23. The summed E-state index contributed by atoms with van der Waals surface area (Å²) in [6.07, 6.45) is 1.24. The number of rotatable bonds is 2. The molecule has 0 aliphatic carbocycles. The van der Waals surface area contributed by atoms with Crippen LogP contribution in [0.1, 0.15) is 17.0 Å². The second-order valence-electron chi connectivity index (χ2n) is 5.61. The Balaban J connectivity index is 1.96. The third-order valence-corrected chi connectivity index (χ3v) is 4.48. The van der Waals surface area contributed by atoms with Gasteiger partial charge in [0.2, 0.25) is 0 Å². The number of hydrogen-bond donors (Lipinski definition) is 0. The van der Waals surface area contributed by atoms with Crippen LogP contribution in [0.5, 0.6) is 5.75 Å². The fourth-order valence-corrected chi connectivity index (χ4v) is 3.25. The zero-order valence-electron chi connectivity index (χ0n) is 12.5. The lowest BCUT2D eigenvalue weighted by molar-refractivity contribution is -0.431. The van der Waals surface area contributed by atoms with E-state index in [9.17, 15) is 10.1 Å². The highest BCUT2D eigenvalue weighted by atomic mass is 35.5. The van der Waals surface area contributed by atoms with Gasteiger partial charge >= 0.3 is 0 Å². The molecule has 4 rings (SSSR count). The Morgan fingerprint density at radius 2 is 1.75 bits per heavy atom. The van der Waals surface area contributed by atoms with E-state index in [0.717, 1.165) is 21.9 Å². The van der Waals surface area contributed by atoms with Crippen LogP contribution in [0.25, 0.3) is 10.8 Å². The SMILES string of the molecule is O=[N+]([O-])C1=COc2c(ccc3ccccc23)C1c1ccc(Cl)cc1. The molecule has 0 spiro atoms. The Morgan fingerprint density at radius 3 is 2.50 bits per heavy atom. The smallest absolute Gasteiger partial charge is 0.292 e. The van der Waals surface area contributed by atoms with Gasteiger partial charge in [0, 0.05) is 16.0 Å². The van der Waals surface area contributed by atoms with Crippen LogP contribution in [-0.2, 0) is 0 Å². The lowest BCUT2D eigenvalue weighted by atomic mass is 9.86. The predicted octanol–water partition coefficient (Wildman–Crippen LogP) is 5.14. The van der Waals surface area contributed by atoms with Gasteiger partial charge < -0.3 is 4.74 Å². The number of halogens is 1.